The van der Waals surface area contributed by atoms with Gasteiger partial charge in [-0.2, -0.15) is 5.26 Å². The van der Waals surface area contributed by atoms with Crippen LogP contribution in [0.15, 0.2) is 18.2 Å². The topological polar surface area (TPSA) is 73.0 Å². The van der Waals surface area contributed by atoms with Crippen LogP contribution in [0, 0.1) is 11.3 Å². The van der Waals surface area contributed by atoms with E-state index in [0.717, 1.165) is 5.69 Å². The minimum atomic E-state index is 0.107. The number of methoxy groups -OCH3 is 2. The number of hydrogen-bond acceptors (Lipinski definition) is 5. The molecule has 0 radical (unpaired) electrons. The van der Waals surface area contributed by atoms with Crippen LogP contribution in [0.2, 0.25) is 0 Å². The van der Waals surface area contributed by atoms with E-state index in [4.69, 9.17) is 14.7 Å². The number of nitriles is 1. The van der Waals surface area contributed by atoms with E-state index >= 15 is 0 Å². The van der Waals surface area contributed by atoms with Crippen molar-refractivity contribution < 1.29 is 9.47 Å². The highest BCUT2D eigenvalue weighted by atomic mass is 16.5. The minimum absolute atomic E-state index is 0.107. The normalized spacial score (nSPS) is 10.4. The fourth-order valence-electron chi connectivity index (χ4n) is 2.03. The first-order valence-electron chi connectivity index (χ1n) is 6.20. The van der Waals surface area contributed by atoms with Gasteiger partial charge in [-0.05, 0) is 18.1 Å². The van der Waals surface area contributed by atoms with Gasteiger partial charge in [0.2, 0.25) is 0 Å². The molecular formula is C14H16N4O2. The molecule has 0 amide bonds. The maximum Gasteiger partial charge on any atom is 0.186 e. The lowest BCUT2D eigenvalue weighted by molar-refractivity contribution is 0.400. The summed E-state index contributed by atoms with van der Waals surface area (Å²) < 4.78 is 12.2. The maximum atomic E-state index is 9.13. The maximum absolute atomic E-state index is 9.13. The summed E-state index contributed by atoms with van der Waals surface area (Å²) in [4.78, 5) is 0. The van der Waals surface area contributed by atoms with E-state index < -0.39 is 0 Å². The number of aromatic nitrogens is 3. The van der Waals surface area contributed by atoms with Crippen LogP contribution in [0.3, 0.4) is 0 Å². The second kappa shape index (κ2) is 5.61. The largest absolute Gasteiger partial charge is 0.497 e. The fourth-order valence-corrected chi connectivity index (χ4v) is 2.03. The van der Waals surface area contributed by atoms with E-state index in [1.807, 2.05) is 13.8 Å². The van der Waals surface area contributed by atoms with Crippen molar-refractivity contribution in [2.24, 2.45) is 0 Å². The molecule has 0 aliphatic carbocycles. The van der Waals surface area contributed by atoms with Crippen LogP contribution < -0.4 is 9.47 Å². The first-order chi connectivity index (χ1) is 9.62. The minimum Gasteiger partial charge on any atom is -0.497 e. The zero-order chi connectivity index (χ0) is 14.7. The Balaban J connectivity index is 2.68. The lowest BCUT2D eigenvalue weighted by Crippen LogP contribution is -2.07. The number of benzene rings is 1. The highest BCUT2D eigenvalue weighted by Crippen LogP contribution is 2.30. The van der Waals surface area contributed by atoms with E-state index in [1.165, 1.54) is 0 Å². The Bertz CT molecular complexity index is 656. The molecule has 1 aromatic heterocycles. The second-order valence-electron chi connectivity index (χ2n) is 4.54. The van der Waals surface area contributed by atoms with Gasteiger partial charge in [-0.3, -0.25) is 0 Å². The predicted octanol–water partition coefficient (Wildman–Crippen LogP) is 2.28. The van der Waals surface area contributed by atoms with Crippen molar-refractivity contribution in [3.63, 3.8) is 0 Å². The van der Waals surface area contributed by atoms with Crippen molar-refractivity contribution in [1.82, 2.24) is 15.0 Å². The molecule has 0 N–H and O–H groups in total. The van der Waals surface area contributed by atoms with Crippen LogP contribution in [0.4, 0.5) is 0 Å². The first-order valence-corrected chi connectivity index (χ1v) is 6.20. The molecule has 6 heteroatoms. The van der Waals surface area contributed by atoms with Gasteiger partial charge in [0, 0.05) is 6.07 Å². The Morgan fingerprint density at radius 1 is 1.25 bits per heavy atom. The first kappa shape index (κ1) is 13.9. The summed E-state index contributed by atoms with van der Waals surface area (Å²) in [6.45, 7) is 3.98. The Hall–Kier alpha value is -2.55. The van der Waals surface area contributed by atoms with Gasteiger partial charge in [-0.15, -0.1) is 5.10 Å². The Kier molecular flexibility index (Phi) is 3.89. The van der Waals surface area contributed by atoms with Gasteiger partial charge in [0.1, 0.15) is 23.3 Å². The van der Waals surface area contributed by atoms with E-state index in [9.17, 15) is 0 Å². The predicted molar refractivity (Wildman–Crippen MR) is 73.3 cm³/mol. The molecule has 0 aliphatic heterocycles. The molecule has 1 heterocycles. The van der Waals surface area contributed by atoms with Crippen molar-refractivity contribution in [2.75, 3.05) is 14.2 Å². The van der Waals surface area contributed by atoms with Gasteiger partial charge in [-0.25, -0.2) is 4.68 Å². The number of hydrogen-bond donors (Lipinski definition) is 0. The molecule has 2 aromatic rings. The Labute approximate surface area is 117 Å². The molecule has 2 rings (SSSR count). The molecule has 0 aliphatic rings. The van der Waals surface area contributed by atoms with Crippen LogP contribution in [-0.4, -0.2) is 29.2 Å². The number of ether oxygens (including phenoxy) is 2. The van der Waals surface area contributed by atoms with Crippen LogP contribution in [0.1, 0.15) is 31.2 Å². The molecule has 20 heavy (non-hydrogen) atoms. The second-order valence-corrected chi connectivity index (χ2v) is 4.54. The summed E-state index contributed by atoms with van der Waals surface area (Å²) in [6.07, 6.45) is 0. The SMILES string of the molecule is COc1ccc(OC)c(-n2nnc(C#N)c2C(C)C)c1. The van der Waals surface area contributed by atoms with Gasteiger partial charge < -0.3 is 9.47 Å². The third kappa shape index (κ3) is 2.30. The summed E-state index contributed by atoms with van der Waals surface area (Å²) in [5.74, 6) is 1.43. The van der Waals surface area contributed by atoms with E-state index in [2.05, 4.69) is 16.4 Å². The highest BCUT2D eigenvalue weighted by molar-refractivity contribution is 5.52. The summed E-state index contributed by atoms with van der Waals surface area (Å²) in [7, 11) is 3.18. The molecule has 0 fully saturated rings. The fraction of sp³-hybridized carbons (Fsp3) is 0.357. The van der Waals surface area contributed by atoms with Crippen molar-refractivity contribution in [2.45, 2.75) is 19.8 Å². The standard InChI is InChI=1S/C14H16N4O2/c1-9(2)14-11(8-15)16-17-18(14)12-7-10(19-3)5-6-13(12)20-4/h5-7,9H,1-4H3. The molecule has 6 nitrogen and oxygen atoms in total. The third-order valence-electron chi connectivity index (χ3n) is 2.97. The summed E-state index contributed by atoms with van der Waals surface area (Å²) >= 11 is 0. The van der Waals surface area contributed by atoms with Gasteiger partial charge in [0.25, 0.3) is 0 Å². The molecular weight excluding hydrogens is 256 g/mol. The van der Waals surface area contributed by atoms with Crippen molar-refractivity contribution >= 4 is 0 Å². The Morgan fingerprint density at radius 2 is 2.00 bits per heavy atom. The molecule has 0 bridgehead atoms. The lowest BCUT2D eigenvalue weighted by atomic mass is 10.1. The summed E-state index contributed by atoms with van der Waals surface area (Å²) in [5.41, 5.74) is 1.77. The quantitative estimate of drug-likeness (QED) is 0.853. The monoisotopic (exact) mass is 272 g/mol. The average Bonchev–Trinajstić information content (AvgIpc) is 2.90. The smallest absolute Gasteiger partial charge is 0.186 e. The Morgan fingerprint density at radius 3 is 2.55 bits per heavy atom. The van der Waals surface area contributed by atoms with Gasteiger partial charge >= 0.3 is 0 Å². The average molecular weight is 272 g/mol. The summed E-state index contributed by atoms with van der Waals surface area (Å²) in [5, 5.41) is 17.1. The number of nitrogens with zero attached hydrogens (tertiary/aromatic N) is 4. The molecule has 0 atom stereocenters. The molecule has 0 saturated heterocycles. The highest BCUT2D eigenvalue weighted by Gasteiger charge is 2.20. The zero-order valence-corrected chi connectivity index (χ0v) is 11.9. The zero-order valence-electron chi connectivity index (χ0n) is 11.9. The van der Waals surface area contributed by atoms with Crippen molar-refractivity contribution in [1.29, 1.82) is 5.26 Å². The van der Waals surface area contributed by atoms with Crippen LogP contribution in [0.5, 0.6) is 11.5 Å². The van der Waals surface area contributed by atoms with Gasteiger partial charge in [-0.1, -0.05) is 19.1 Å². The molecule has 104 valence electrons. The third-order valence-corrected chi connectivity index (χ3v) is 2.97. The van der Waals surface area contributed by atoms with Crippen LogP contribution in [0.25, 0.3) is 5.69 Å². The van der Waals surface area contributed by atoms with E-state index in [1.54, 1.807) is 37.1 Å². The van der Waals surface area contributed by atoms with Crippen LogP contribution >= 0.6 is 0 Å². The van der Waals surface area contributed by atoms with Gasteiger partial charge in [0.15, 0.2) is 5.69 Å². The van der Waals surface area contributed by atoms with Crippen molar-refractivity contribution in [3.05, 3.63) is 29.6 Å². The number of rotatable bonds is 4. The molecule has 0 spiro atoms. The van der Waals surface area contributed by atoms with Gasteiger partial charge in [0.05, 0.1) is 19.9 Å². The summed E-state index contributed by atoms with van der Waals surface area (Å²) in [6, 6.07) is 7.48. The van der Waals surface area contributed by atoms with Crippen molar-refractivity contribution in [3.8, 4) is 23.3 Å². The van der Waals surface area contributed by atoms with E-state index in [-0.39, 0.29) is 5.92 Å². The van der Waals surface area contributed by atoms with E-state index in [0.29, 0.717) is 22.9 Å². The molecule has 0 saturated carbocycles. The lowest BCUT2D eigenvalue weighted by Gasteiger charge is -2.13. The molecule has 0 unspecified atom stereocenters. The van der Waals surface area contributed by atoms with Crippen LogP contribution in [-0.2, 0) is 0 Å². The molecule has 1 aromatic carbocycles.